The largest absolute Gasteiger partial charge is 0.493 e. The molecular formula is C19H19NO6S. The Bertz CT molecular complexity index is 985. The molecule has 0 fully saturated rings. The van der Waals surface area contributed by atoms with Crippen molar-refractivity contribution >= 4 is 10.0 Å². The van der Waals surface area contributed by atoms with Crippen LogP contribution >= 0.6 is 0 Å². The zero-order valence-corrected chi connectivity index (χ0v) is 15.4. The maximum Gasteiger partial charge on any atom is 0.241 e. The summed E-state index contributed by atoms with van der Waals surface area (Å²) in [6, 6.07) is 6.66. The molecule has 5 rings (SSSR count). The van der Waals surface area contributed by atoms with Gasteiger partial charge in [0.25, 0.3) is 0 Å². The van der Waals surface area contributed by atoms with E-state index in [1.54, 1.807) is 6.07 Å². The van der Waals surface area contributed by atoms with Crippen molar-refractivity contribution in [3.05, 3.63) is 41.0 Å². The Morgan fingerprint density at radius 1 is 0.852 bits per heavy atom. The second-order valence-electron chi connectivity index (χ2n) is 6.65. The first kappa shape index (κ1) is 16.7. The Hall–Kier alpha value is -2.45. The van der Waals surface area contributed by atoms with Crippen LogP contribution in [-0.4, -0.2) is 34.8 Å². The average Bonchev–Trinajstić information content (AvgIpc) is 3.33. The Labute approximate surface area is 157 Å². The van der Waals surface area contributed by atoms with Crippen molar-refractivity contribution in [2.45, 2.75) is 24.3 Å². The van der Waals surface area contributed by atoms with E-state index in [-0.39, 0.29) is 11.4 Å². The number of hydrogen-bond donors (Lipinski definition) is 1. The van der Waals surface area contributed by atoms with E-state index in [0.717, 1.165) is 41.0 Å². The van der Waals surface area contributed by atoms with Crippen LogP contribution in [0.5, 0.6) is 23.0 Å². The number of hydrogen-bond acceptors (Lipinski definition) is 6. The van der Waals surface area contributed by atoms with E-state index in [1.807, 2.05) is 6.07 Å². The molecule has 0 amide bonds. The normalized spacial score (nSPS) is 17.0. The second kappa shape index (κ2) is 6.31. The smallest absolute Gasteiger partial charge is 0.241 e. The molecule has 0 aliphatic carbocycles. The molecule has 0 unspecified atom stereocenters. The van der Waals surface area contributed by atoms with Crippen molar-refractivity contribution in [1.82, 2.24) is 4.72 Å². The van der Waals surface area contributed by atoms with Gasteiger partial charge in [0.05, 0.1) is 18.1 Å². The lowest BCUT2D eigenvalue weighted by atomic mass is 10.00. The van der Waals surface area contributed by atoms with Gasteiger partial charge in [-0.2, -0.15) is 0 Å². The molecule has 0 radical (unpaired) electrons. The molecule has 0 bridgehead atoms. The Kier molecular flexibility index (Phi) is 3.91. The summed E-state index contributed by atoms with van der Waals surface area (Å²) < 4.78 is 50.7. The van der Waals surface area contributed by atoms with Crippen LogP contribution in [0.15, 0.2) is 29.2 Å². The third-order valence-electron chi connectivity index (χ3n) is 5.02. The van der Waals surface area contributed by atoms with Crippen molar-refractivity contribution in [2.75, 3.05) is 26.4 Å². The van der Waals surface area contributed by atoms with Gasteiger partial charge in [-0.1, -0.05) is 0 Å². The molecule has 3 aliphatic heterocycles. The maximum absolute atomic E-state index is 12.8. The first-order valence-electron chi connectivity index (χ1n) is 8.94. The molecule has 7 nitrogen and oxygen atoms in total. The van der Waals surface area contributed by atoms with Gasteiger partial charge in [-0.3, -0.25) is 0 Å². The van der Waals surface area contributed by atoms with Crippen molar-refractivity contribution in [1.29, 1.82) is 0 Å². The molecule has 3 heterocycles. The van der Waals surface area contributed by atoms with E-state index in [1.165, 1.54) is 12.1 Å². The van der Waals surface area contributed by atoms with Crippen LogP contribution in [0.4, 0.5) is 0 Å². The summed E-state index contributed by atoms with van der Waals surface area (Å²) in [6.07, 6.45) is 1.57. The van der Waals surface area contributed by atoms with Gasteiger partial charge in [0.1, 0.15) is 24.7 Å². The molecule has 2 aromatic rings. The van der Waals surface area contributed by atoms with Crippen LogP contribution in [0.25, 0.3) is 0 Å². The van der Waals surface area contributed by atoms with Gasteiger partial charge in [0, 0.05) is 42.1 Å². The summed E-state index contributed by atoms with van der Waals surface area (Å²) in [4.78, 5) is 0.146. The summed E-state index contributed by atoms with van der Waals surface area (Å²) in [5, 5.41) is 0. The first-order valence-corrected chi connectivity index (χ1v) is 10.4. The van der Waals surface area contributed by atoms with Crippen LogP contribution in [0.2, 0.25) is 0 Å². The highest BCUT2D eigenvalue weighted by atomic mass is 32.2. The quantitative estimate of drug-likeness (QED) is 0.859. The van der Waals surface area contributed by atoms with Crippen LogP contribution in [-0.2, 0) is 29.4 Å². The van der Waals surface area contributed by atoms with Crippen LogP contribution in [0.1, 0.15) is 16.7 Å². The fourth-order valence-corrected chi connectivity index (χ4v) is 4.72. The molecule has 0 saturated heterocycles. The van der Waals surface area contributed by atoms with Crippen molar-refractivity contribution in [2.24, 2.45) is 0 Å². The molecule has 3 aliphatic rings. The van der Waals surface area contributed by atoms with Crippen LogP contribution < -0.4 is 23.7 Å². The number of sulfonamides is 1. The molecule has 1 N–H and O–H groups in total. The zero-order chi connectivity index (χ0) is 18.4. The summed E-state index contributed by atoms with van der Waals surface area (Å²) in [7, 11) is -3.71. The standard InChI is InChI=1S/C19H19NO6S/c21-27(22,13-1-2-16-18(10-13)25-8-7-24-16)20-11-15-14-4-6-23-17(14)9-12-3-5-26-19(12)15/h1-2,9-10,20H,3-8,11H2. The highest BCUT2D eigenvalue weighted by molar-refractivity contribution is 7.89. The van der Waals surface area contributed by atoms with Gasteiger partial charge in [-0.25, -0.2) is 13.1 Å². The summed E-state index contributed by atoms with van der Waals surface area (Å²) in [6.45, 7) is 2.25. The summed E-state index contributed by atoms with van der Waals surface area (Å²) in [5.74, 6) is 2.64. The van der Waals surface area contributed by atoms with Gasteiger partial charge in [0.15, 0.2) is 11.5 Å². The Morgan fingerprint density at radius 2 is 1.63 bits per heavy atom. The molecule has 27 heavy (non-hydrogen) atoms. The molecule has 8 heteroatoms. The number of benzene rings is 2. The van der Waals surface area contributed by atoms with Gasteiger partial charge in [-0.15, -0.1) is 0 Å². The molecule has 0 saturated carbocycles. The van der Waals surface area contributed by atoms with E-state index >= 15 is 0 Å². The molecule has 2 aromatic carbocycles. The summed E-state index contributed by atoms with van der Waals surface area (Å²) >= 11 is 0. The van der Waals surface area contributed by atoms with E-state index in [0.29, 0.717) is 37.9 Å². The van der Waals surface area contributed by atoms with E-state index < -0.39 is 10.0 Å². The topological polar surface area (TPSA) is 83.1 Å². The lowest BCUT2D eigenvalue weighted by Gasteiger charge is -2.19. The molecule has 0 atom stereocenters. The maximum atomic E-state index is 12.8. The zero-order valence-electron chi connectivity index (χ0n) is 14.6. The molecule has 0 spiro atoms. The first-order chi connectivity index (χ1) is 13.1. The van der Waals surface area contributed by atoms with Crippen molar-refractivity contribution < 1.29 is 27.4 Å². The van der Waals surface area contributed by atoms with Gasteiger partial charge < -0.3 is 18.9 Å². The van der Waals surface area contributed by atoms with Gasteiger partial charge in [-0.05, 0) is 18.2 Å². The fourth-order valence-electron chi connectivity index (χ4n) is 3.71. The SMILES string of the molecule is O=S(=O)(NCc1c2c(cc3c1OCC3)OCC2)c1ccc2c(c1)OCCO2. The predicted octanol–water partition coefficient (Wildman–Crippen LogP) is 1.81. The molecule has 0 aromatic heterocycles. The number of rotatable bonds is 4. The predicted molar refractivity (Wildman–Crippen MR) is 96.3 cm³/mol. The average molecular weight is 389 g/mol. The van der Waals surface area contributed by atoms with Gasteiger partial charge >= 0.3 is 0 Å². The van der Waals surface area contributed by atoms with Crippen LogP contribution in [0.3, 0.4) is 0 Å². The Morgan fingerprint density at radius 3 is 2.52 bits per heavy atom. The monoisotopic (exact) mass is 389 g/mol. The Balaban J connectivity index is 1.43. The fraction of sp³-hybridized carbons (Fsp3) is 0.368. The highest BCUT2D eigenvalue weighted by Gasteiger charge is 2.28. The molecule has 142 valence electrons. The number of ether oxygens (including phenoxy) is 4. The minimum atomic E-state index is -3.71. The van der Waals surface area contributed by atoms with E-state index in [9.17, 15) is 8.42 Å². The minimum Gasteiger partial charge on any atom is -0.493 e. The van der Waals surface area contributed by atoms with Crippen LogP contribution in [0, 0.1) is 0 Å². The molecular weight excluding hydrogens is 370 g/mol. The highest BCUT2D eigenvalue weighted by Crippen LogP contribution is 2.40. The minimum absolute atomic E-state index is 0.146. The lowest BCUT2D eigenvalue weighted by molar-refractivity contribution is 0.171. The number of nitrogens with one attached hydrogen (secondary N) is 1. The van der Waals surface area contributed by atoms with Crippen molar-refractivity contribution in [3.8, 4) is 23.0 Å². The van der Waals surface area contributed by atoms with Gasteiger partial charge in [0.2, 0.25) is 10.0 Å². The summed E-state index contributed by atoms with van der Waals surface area (Å²) in [5.41, 5.74) is 2.98. The number of fused-ring (bicyclic) bond motifs is 3. The van der Waals surface area contributed by atoms with E-state index in [4.69, 9.17) is 18.9 Å². The third kappa shape index (κ3) is 2.89. The second-order valence-corrected chi connectivity index (χ2v) is 8.41. The third-order valence-corrected chi connectivity index (χ3v) is 6.42. The lowest BCUT2D eigenvalue weighted by Crippen LogP contribution is -2.24. The van der Waals surface area contributed by atoms with E-state index in [2.05, 4.69) is 4.72 Å². The van der Waals surface area contributed by atoms with Crippen molar-refractivity contribution in [3.63, 3.8) is 0 Å².